The third kappa shape index (κ3) is 14.9. The summed E-state index contributed by atoms with van der Waals surface area (Å²) >= 11 is 0. The molecule has 0 amide bonds. The van der Waals surface area contributed by atoms with E-state index in [1.165, 1.54) is 28.0 Å². The summed E-state index contributed by atoms with van der Waals surface area (Å²) in [6, 6.07) is 42.6. The molecule has 26 heteroatoms. The lowest BCUT2D eigenvalue weighted by atomic mass is 9.97. The summed E-state index contributed by atoms with van der Waals surface area (Å²) < 4.78 is 256. The van der Waals surface area contributed by atoms with E-state index >= 15 is 8.78 Å². The third-order valence-corrected chi connectivity index (χ3v) is 14.9. The van der Waals surface area contributed by atoms with E-state index in [1.54, 1.807) is 63.2 Å². The molecule has 6 nitrogen and oxygen atoms in total. The minimum absolute atomic E-state index is 0.190. The molecule has 1 atom stereocenters. The van der Waals surface area contributed by atoms with E-state index in [1.807, 2.05) is 48.5 Å². The van der Waals surface area contributed by atoms with Crippen molar-refractivity contribution < 1.29 is 96.2 Å². The average molecular weight is 1100 g/mol. The lowest BCUT2D eigenvalue weighted by Crippen LogP contribution is -2.59. The van der Waals surface area contributed by atoms with Gasteiger partial charge in [-0.15, -0.1) is 0 Å². The van der Waals surface area contributed by atoms with Gasteiger partial charge in [0.25, 0.3) is 0 Å². The van der Waals surface area contributed by atoms with Crippen molar-refractivity contribution in [3.05, 3.63) is 180 Å². The van der Waals surface area contributed by atoms with E-state index in [-0.39, 0.29) is 16.7 Å². The van der Waals surface area contributed by atoms with Gasteiger partial charge in [-0.25, -0.2) is 21.2 Å². The molecule has 6 rings (SSSR count). The highest BCUT2D eigenvalue weighted by Crippen LogP contribution is 2.58. The molecule has 0 N–H and O–H groups in total. The fourth-order valence-corrected chi connectivity index (χ4v) is 10.6. The van der Waals surface area contributed by atoms with E-state index in [0.29, 0.717) is 27.0 Å². The van der Waals surface area contributed by atoms with Gasteiger partial charge < -0.3 is 9.11 Å². The summed E-state index contributed by atoms with van der Waals surface area (Å²) in [5.74, 6) is -19.8. The summed E-state index contributed by atoms with van der Waals surface area (Å²) in [6.07, 6.45) is -6.89. The number of hydrogen-bond donors (Lipinski definition) is 0. The Balaban J connectivity index is 0.000000307. The zero-order valence-corrected chi connectivity index (χ0v) is 39.3. The van der Waals surface area contributed by atoms with Gasteiger partial charge in [-0.3, -0.25) is 0 Å². The quantitative estimate of drug-likeness (QED) is 0.0616. The summed E-state index contributed by atoms with van der Waals surface area (Å²) in [5, 5.41) is 0. The van der Waals surface area contributed by atoms with Crippen LogP contribution in [0.1, 0.15) is 22.3 Å². The Kier molecular flexibility index (Phi) is 19.5. The van der Waals surface area contributed by atoms with Crippen LogP contribution in [0.5, 0.6) is 0 Å². The molecule has 0 radical (unpaired) electrons. The lowest BCUT2D eigenvalue weighted by Gasteiger charge is -2.34. The first kappa shape index (κ1) is 60.0. The normalized spacial score (nSPS) is 13.2. The van der Waals surface area contributed by atoms with Gasteiger partial charge in [-0.05, 0) is 93.6 Å². The van der Waals surface area contributed by atoms with Gasteiger partial charge in [0.15, 0.2) is 49.6 Å². The molecule has 0 aliphatic heterocycles. The van der Waals surface area contributed by atoms with Crippen LogP contribution in [0.4, 0.5) is 70.2 Å². The van der Waals surface area contributed by atoms with Gasteiger partial charge in [0.2, 0.25) is 0 Å². The van der Waals surface area contributed by atoms with E-state index in [4.69, 9.17) is 25.9 Å². The van der Waals surface area contributed by atoms with Crippen LogP contribution in [-0.4, -0.2) is 55.0 Å². The van der Waals surface area contributed by atoms with Crippen molar-refractivity contribution in [1.82, 2.24) is 0 Å². The molecule has 0 bridgehead atoms. The van der Waals surface area contributed by atoms with Crippen LogP contribution in [0.25, 0.3) is 0 Å². The predicted molar refractivity (Wildman–Crippen MR) is 228 cm³/mol. The monoisotopic (exact) mass is 1100 g/mol. The van der Waals surface area contributed by atoms with Crippen LogP contribution in [0, 0.1) is 26.6 Å². The Morgan fingerprint density at radius 3 is 1.07 bits per heavy atom. The second kappa shape index (κ2) is 23.1. The van der Waals surface area contributed by atoms with Gasteiger partial charge in [-0.2, -0.15) is 65.9 Å². The number of benzene rings is 6. The van der Waals surface area contributed by atoms with Gasteiger partial charge in [0, 0.05) is 11.1 Å². The third-order valence-electron chi connectivity index (χ3n) is 8.95. The first-order valence-corrected chi connectivity index (χ1v) is 24.5. The summed E-state index contributed by atoms with van der Waals surface area (Å²) in [6.45, 7) is 5.17. The molecule has 6 aromatic carbocycles. The van der Waals surface area contributed by atoms with Crippen LogP contribution in [-0.2, 0) is 47.9 Å². The molecule has 0 aliphatic carbocycles. The van der Waals surface area contributed by atoms with Crippen LogP contribution in [0.15, 0.2) is 181 Å². The first-order chi connectivity index (χ1) is 32.4. The van der Waals surface area contributed by atoms with Crippen molar-refractivity contribution in [3.63, 3.8) is 0 Å². The largest absolute Gasteiger partial charge is 0.741 e. The van der Waals surface area contributed by atoms with Crippen LogP contribution < -0.4 is 0 Å². The number of hydrogen-bond acceptors (Lipinski definition) is 6. The topological polar surface area (TPSA) is 114 Å². The lowest BCUT2D eigenvalue weighted by molar-refractivity contribution is -0.399. The molecule has 0 aliphatic rings. The Labute approximate surface area is 401 Å². The standard InChI is InChI=1S/C25H20F9S.C18H14FS.2CHF3O3S/c1-15-13-16(2)21(17(3)14-15)35(18-9-5-4-6-10-18)20-12-8-7-11-19(20)22(26,27)23(28,29)24(30,31)25(32,33)34;19-15-11-13-18(14-12-15)20(16-7-3-1-4-8-16)17-9-5-2-6-10-17;2*2-1(3,4)8(5,6)7/h4-14H,1-3H3;1-14H;2*(H,5,6,7)/q2*+1;;/p-2. The Bertz CT molecular complexity index is 2800. The fourth-order valence-electron chi connectivity index (χ4n) is 5.94. The highest BCUT2D eigenvalue weighted by molar-refractivity contribution is 7.97. The number of alkyl halides is 15. The van der Waals surface area contributed by atoms with E-state index in [9.17, 15) is 61.5 Å². The number of halogens is 16. The van der Waals surface area contributed by atoms with E-state index in [2.05, 4.69) is 24.3 Å². The maximum Gasteiger partial charge on any atom is 0.485 e. The van der Waals surface area contributed by atoms with Gasteiger partial charge in [0.05, 0.1) is 16.5 Å². The molecular weight excluding hydrogens is 1070 g/mol. The zero-order valence-electron chi connectivity index (χ0n) is 36.1. The minimum Gasteiger partial charge on any atom is -0.741 e. The summed E-state index contributed by atoms with van der Waals surface area (Å²) in [5.41, 5.74) is -10.8. The second-order valence-corrected chi connectivity index (χ2v) is 21.0. The van der Waals surface area contributed by atoms with Crippen LogP contribution >= 0.6 is 0 Å². The fraction of sp³-hybridized carbons (Fsp3) is 0.200. The molecular formula is C45H34F16O6S4. The van der Waals surface area contributed by atoms with Crippen molar-refractivity contribution in [3.8, 4) is 0 Å². The van der Waals surface area contributed by atoms with Crippen molar-refractivity contribution in [2.24, 2.45) is 0 Å². The Morgan fingerprint density at radius 1 is 0.423 bits per heavy atom. The highest BCUT2D eigenvalue weighted by Gasteiger charge is 2.82. The SMILES string of the molecule is Cc1cc(C)c([S+](c2ccccc2)c2ccccc2C(F)(F)C(F)(F)C(F)(F)C(F)(F)F)c(C)c1.Fc1ccc([S+](c2ccccc2)c2ccccc2)cc1.O=S(=O)([O-])C(F)(F)F.O=S(=O)([O-])C(F)(F)F. The maximum absolute atomic E-state index is 15.2. The Morgan fingerprint density at radius 2 is 0.732 bits per heavy atom. The van der Waals surface area contributed by atoms with Crippen molar-refractivity contribution >= 4 is 42.0 Å². The molecule has 0 fully saturated rings. The highest BCUT2D eigenvalue weighted by atomic mass is 32.2. The maximum atomic E-state index is 15.2. The summed E-state index contributed by atoms with van der Waals surface area (Å²) in [7, 11) is -13.9. The minimum atomic E-state index is -6.97. The molecule has 1 unspecified atom stereocenters. The molecule has 71 heavy (non-hydrogen) atoms. The van der Waals surface area contributed by atoms with E-state index < -0.39 is 76.6 Å². The smallest absolute Gasteiger partial charge is 0.485 e. The molecule has 0 saturated carbocycles. The molecule has 0 aromatic heterocycles. The Hall–Kier alpha value is -5.28. The van der Waals surface area contributed by atoms with Gasteiger partial charge >= 0.3 is 35.0 Å². The second-order valence-electron chi connectivity index (χ2n) is 14.3. The molecule has 0 heterocycles. The van der Waals surface area contributed by atoms with Crippen molar-refractivity contribution in [2.75, 3.05) is 0 Å². The predicted octanol–water partition coefficient (Wildman–Crippen LogP) is 13.7. The molecule has 0 saturated heterocycles. The van der Waals surface area contributed by atoms with Crippen LogP contribution in [0.3, 0.4) is 0 Å². The molecule has 6 aromatic rings. The van der Waals surface area contributed by atoms with Gasteiger partial charge in [0.1, 0.15) is 16.7 Å². The molecule has 0 spiro atoms. The van der Waals surface area contributed by atoms with Gasteiger partial charge in [-0.1, -0.05) is 84.4 Å². The number of rotatable bonds is 9. The van der Waals surface area contributed by atoms with Crippen molar-refractivity contribution in [1.29, 1.82) is 0 Å². The summed E-state index contributed by atoms with van der Waals surface area (Å²) in [4.78, 5) is 4.02. The average Bonchev–Trinajstić information content (AvgIpc) is 3.25. The number of aryl methyl sites for hydroxylation is 3. The van der Waals surface area contributed by atoms with Crippen molar-refractivity contribution in [2.45, 2.75) is 85.1 Å². The van der Waals surface area contributed by atoms with Crippen LogP contribution in [0.2, 0.25) is 0 Å². The van der Waals surface area contributed by atoms with E-state index in [0.717, 1.165) is 22.6 Å². The molecule has 386 valence electrons. The first-order valence-electron chi connectivity index (χ1n) is 19.2. The zero-order chi connectivity index (χ0) is 54.2.